The minimum atomic E-state index is 0.475. The van der Waals surface area contributed by atoms with Crippen LogP contribution in [0.4, 0.5) is 5.69 Å². The first-order valence-electron chi connectivity index (χ1n) is 6.35. The SMILES string of the molecule is CC1CCN(c2cc(Br)ccc2C(N)=S)C(C)C1. The normalized spacial score (nSPS) is 24.1. The topological polar surface area (TPSA) is 29.3 Å². The summed E-state index contributed by atoms with van der Waals surface area (Å²) < 4.78 is 1.07. The van der Waals surface area contributed by atoms with Gasteiger partial charge in [0.05, 0.1) is 0 Å². The van der Waals surface area contributed by atoms with E-state index >= 15 is 0 Å². The van der Waals surface area contributed by atoms with Gasteiger partial charge in [-0.3, -0.25) is 0 Å². The molecule has 18 heavy (non-hydrogen) atoms. The van der Waals surface area contributed by atoms with Crippen LogP contribution in [0.3, 0.4) is 0 Å². The van der Waals surface area contributed by atoms with Crippen LogP contribution in [0.1, 0.15) is 32.3 Å². The maximum Gasteiger partial charge on any atom is 0.106 e. The maximum absolute atomic E-state index is 5.83. The maximum atomic E-state index is 5.83. The molecule has 0 aliphatic carbocycles. The van der Waals surface area contributed by atoms with Gasteiger partial charge in [-0.2, -0.15) is 0 Å². The third-order valence-corrected chi connectivity index (χ3v) is 4.39. The highest BCUT2D eigenvalue weighted by atomic mass is 79.9. The van der Waals surface area contributed by atoms with Crippen LogP contribution in [-0.2, 0) is 0 Å². The van der Waals surface area contributed by atoms with E-state index in [1.807, 2.05) is 12.1 Å². The number of thiocarbonyl (C=S) groups is 1. The summed E-state index contributed by atoms with van der Waals surface area (Å²) in [6.45, 7) is 5.68. The van der Waals surface area contributed by atoms with E-state index in [0.717, 1.165) is 28.2 Å². The van der Waals surface area contributed by atoms with Crippen LogP contribution in [-0.4, -0.2) is 17.6 Å². The molecule has 0 bridgehead atoms. The van der Waals surface area contributed by atoms with Gasteiger partial charge >= 0.3 is 0 Å². The van der Waals surface area contributed by atoms with Gasteiger partial charge in [0, 0.05) is 28.3 Å². The molecule has 0 amide bonds. The first kappa shape index (κ1) is 13.8. The fourth-order valence-corrected chi connectivity index (χ4v) is 3.24. The summed E-state index contributed by atoms with van der Waals surface area (Å²) in [6, 6.07) is 6.67. The molecule has 2 nitrogen and oxygen atoms in total. The van der Waals surface area contributed by atoms with Crippen molar-refractivity contribution in [2.24, 2.45) is 11.7 Å². The molecule has 1 aliphatic rings. The molecule has 1 heterocycles. The molecular weight excluding hydrogens is 308 g/mol. The third kappa shape index (κ3) is 2.86. The second-order valence-corrected chi connectivity index (χ2v) is 6.55. The molecule has 4 heteroatoms. The summed E-state index contributed by atoms with van der Waals surface area (Å²) >= 11 is 8.69. The summed E-state index contributed by atoms with van der Waals surface area (Å²) in [7, 11) is 0. The predicted molar refractivity (Wildman–Crippen MR) is 85.2 cm³/mol. The molecule has 2 rings (SSSR count). The van der Waals surface area contributed by atoms with Crippen LogP contribution in [0.5, 0.6) is 0 Å². The van der Waals surface area contributed by atoms with Crippen molar-refractivity contribution in [1.29, 1.82) is 0 Å². The molecular formula is C14H19BrN2S. The average Bonchev–Trinajstić information content (AvgIpc) is 2.28. The number of hydrogen-bond donors (Lipinski definition) is 1. The first-order chi connectivity index (χ1) is 8.49. The zero-order chi connectivity index (χ0) is 13.3. The molecule has 0 radical (unpaired) electrons. The van der Waals surface area contributed by atoms with E-state index in [1.54, 1.807) is 0 Å². The molecule has 1 aromatic carbocycles. The monoisotopic (exact) mass is 326 g/mol. The summed E-state index contributed by atoms with van der Waals surface area (Å²) in [5.41, 5.74) is 7.98. The largest absolute Gasteiger partial charge is 0.389 e. The van der Waals surface area contributed by atoms with Gasteiger partial charge in [0.15, 0.2) is 0 Å². The van der Waals surface area contributed by atoms with Crippen LogP contribution in [0, 0.1) is 5.92 Å². The van der Waals surface area contributed by atoms with Gasteiger partial charge in [-0.05, 0) is 43.9 Å². The number of rotatable bonds is 2. The van der Waals surface area contributed by atoms with E-state index in [-0.39, 0.29) is 0 Å². The highest BCUT2D eigenvalue weighted by Crippen LogP contribution is 2.32. The molecule has 1 saturated heterocycles. The quantitative estimate of drug-likeness (QED) is 0.840. The second-order valence-electron chi connectivity index (χ2n) is 5.20. The number of benzene rings is 1. The lowest BCUT2D eigenvalue weighted by Crippen LogP contribution is -2.41. The minimum absolute atomic E-state index is 0.475. The number of piperidine rings is 1. The lowest BCUT2D eigenvalue weighted by molar-refractivity contribution is 0.378. The summed E-state index contributed by atoms with van der Waals surface area (Å²) in [6.07, 6.45) is 2.46. The van der Waals surface area contributed by atoms with Crippen molar-refractivity contribution in [3.8, 4) is 0 Å². The van der Waals surface area contributed by atoms with Crippen LogP contribution < -0.4 is 10.6 Å². The number of nitrogens with two attached hydrogens (primary N) is 1. The Labute approximate surface area is 123 Å². The fourth-order valence-electron chi connectivity index (χ4n) is 2.72. The van der Waals surface area contributed by atoms with Gasteiger partial charge in [0.2, 0.25) is 0 Å². The zero-order valence-corrected chi connectivity index (χ0v) is 13.2. The average molecular weight is 327 g/mol. The van der Waals surface area contributed by atoms with Gasteiger partial charge < -0.3 is 10.6 Å². The molecule has 0 aromatic heterocycles. The fraction of sp³-hybridized carbons (Fsp3) is 0.500. The molecule has 2 N–H and O–H groups in total. The summed E-state index contributed by atoms with van der Waals surface area (Å²) in [4.78, 5) is 2.91. The molecule has 98 valence electrons. The lowest BCUT2D eigenvalue weighted by Gasteiger charge is -2.39. The number of anilines is 1. The van der Waals surface area contributed by atoms with Crippen molar-refractivity contribution < 1.29 is 0 Å². The minimum Gasteiger partial charge on any atom is -0.389 e. The Bertz CT molecular complexity index is 461. The van der Waals surface area contributed by atoms with Crippen molar-refractivity contribution in [3.05, 3.63) is 28.2 Å². The van der Waals surface area contributed by atoms with E-state index in [0.29, 0.717) is 11.0 Å². The lowest BCUT2D eigenvalue weighted by atomic mass is 9.92. The number of hydrogen-bond acceptors (Lipinski definition) is 2. The van der Waals surface area contributed by atoms with Crippen molar-refractivity contribution in [3.63, 3.8) is 0 Å². The summed E-state index contributed by atoms with van der Waals surface area (Å²) in [5.74, 6) is 0.802. The van der Waals surface area contributed by atoms with Crippen molar-refractivity contribution in [2.45, 2.75) is 32.7 Å². The molecule has 1 aliphatic heterocycles. The van der Waals surface area contributed by atoms with Gasteiger partial charge in [0.1, 0.15) is 4.99 Å². The Kier molecular flexibility index (Phi) is 4.28. The van der Waals surface area contributed by atoms with Gasteiger partial charge in [-0.15, -0.1) is 0 Å². The Morgan fingerprint density at radius 2 is 2.17 bits per heavy atom. The van der Waals surface area contributed by atoms with E-state index in [4.69, 9.17) is 18.0 Å². The molecule has 0 spiro atoms. The highest BCUT2D eigenvalue weighted by Gasteiger charge is 2.25. The standard InChI is InChI=1S/C14H19BrN2S/c1-9-5-6-17(10(2)7-9)13-8-11(15)3-4-12(13)14(16)18/h3-4,8-10H,5-7H2,1-2H3,(H2,16,18). The Morgan fingerprint density at radius 3 is 2.78 bits per heavy atom. The first-order valence-corrected chi connectivity index (χ1v) is 7.55. The molecule has 2 unspecified atom stereocenters. The molecule has 1 fully saturated rings. The zero-order valence-electron chi connectivity index (χ0n) is 10.8. The van der Waals surface area contributed by atoms with E-state index in [2.05, 4.69) is 40.7 Å². The van der Waals surface area contributed by atoms with E-state index in [9.17, 15) is 0 Å². The van der Waals surface area contributed by atoms with Crippen LogP contribution in [0.25, 0.3) is 0 Å². The Balaban J connectivity index is 2.37. The molecule has 0 saturated carbocycles. The van der Waals surface area contributed by atoms with Crippen LogP contribution in [0.2, 0.25) is 0 Å². The van der Waals surface area contributed by atoms with Gasteiger partial charge in [-0.25, -0.2) is 0 Å². The van der Waals surface area contributed by atoms with Crippen LogP contribution in [0.15, 0.2) is 22.7 Å². The van der Waals surface area contributed by atoms with Crippen molar-refractivity contribution >= 4 is 38.8 Å². The van der Waals surface area contributed by atoms with Crippen LogP contribution >= 0.6 is 28.1 Å². The summed E-state index contributed by atoms with van der Waals surface area (Å²) in [5, 5.41) is 0. The van der Waals surface area contributed by atoms with Gasteiger partial charge in [0.25, 0.3) is 0 Å². The Hall–Kier alpha value is -0.610. The highest BCUT2D eigenvalue weighted by molar-refractivity contribution is 9.10. The molecule has 1 aromatic rings. The Morgan fingerprint density at radius 1 is 1.44 bits per heavy atom. The third-order valence-electron chi connectivity index (χ3n) is 3.67. The van der Waals surface area contributed by atoms with E-state index in [1.165, 1.54) is 12.8 Å². The second kappa shape index (κ2) is 5.57. The predicted octanol–water partition coefficient (Wildman–Crippen LogP) is 3.71. The number of halogens is 1. The smallest absolute Gasteiger partial charge is 0.106 e. The van der Waals surface area contributed by atoms with Crippen molar-refractivity contribution in [1.82, 2.24) is 0 Å². The molecule has 2 atom stereocenters. The van der Waals surface area contributed by atoms with Crippen molar-refractivity contribution in [2.75, 3.05) is 11.4 Å². The van der Waals surface area contributed by atoms with Gasteiger partial charge in [-0.1, -0.05) is 35.1 Å². The van der Waals surface area contributed by atoms with E-state index < -0.39 is 0 Å². The number of nitrogens with zero attached hydrogens (tertiary/aromatic N) is 1.